The summed E-state index contributed by atoms with van der Waals surface area (Å²) in [6.07, 6.45) is 3.51. The molecule has 0 unspecified atom stereocenters. The first-order valence-corrected chi connectivity index (χ1v) is 9.46. The predicted octanol–water partition coefficient (Wildman–Crippen LogP) is 5.28. The first-order chi connectivity index (χ1) is 12.8. The summed E-state index contributed by atoms with van der Waals surface area (Å²) in [5, 5.41) is 10.4. The zero-order chi connectivity index (χ0) is 17.8. The van der Waals surface area contributed by atoms with Crippen molar-refractivity contribution in [3.05, 3.63) is 89.7 Å². The number of rotatable bonds is 5. The van der Waals surface area contributed by atoms with E-state index in [1.165, 1.54) is 5.56 Å². The van der Waals surface area contributed by atoms with Crippen molar-refractivity contribution in [2.45, 2.75) is 10.9 Å². The van der Waals surface area contributed by atoms with E-state index < -0.39 is 0 Å². The molecule has 0 aliphatic carbocycles. The molecular formula is C20H15ClN4S. The third kappa shape index (κ3) is 3.64. The molecule has 0 spiro atoms. The molecule has 4 nitrogen and oxygen atoms in total. The van der Waals surface area contributed by atoms with Crippen molar-refractivity contribution >= 4 is 23.4 Å². The van der Waals surface area contributed by atoms with Crippen LogP contribution in [0.1, 0.15) is 5.56 Å². The number of hydrogen-bond acceptors (Lipinski definition) is 4. The number of thioether (sulfide) groups is 1. The maximum Gasteiger partial charge on any atom is 0.196 e. The van der Waals surface area contributed by atoms with Gasteiger partial charge in [0.2, 0.25) is 0 Å². The lowest BCUT2D eigenvalue weighted by atomic mass is 10.2. The van der Waals surface area contributed by atoms with E-state index in [4.69, 9.17) is 11.6 Å². The smallest absolute Gasteiger partial charge is 0.196 e. The van der Waals surface area contributed by atoms with Gasteiger partial charge in [-0.3, -0.25) is 9.55 Å². The van der Waals surface area contributed by atoms with Gasteiger partial charge in [-0.2, -0.15) is 0 Å². The van der Waals surface area contributed by atoms with Crippen LogP contribution in [0.3, 0.4) is 0 Å². The monoisotopic (exact) mass is 378 g/mol. The highest BCUT2D eigenvalue weighted by molar-refractivity contribution is 7.98. The van der Waals surface area contributed by atoms with Crippen LogP contribution < -0.4 is 0 Å². The van der Waals surface area contributed by atoms with Gasteiger partial charge in [-0.15, -0.1) is 10.2 Å². The lowest BCUT2D eigenvalue weighted by Crippen LogP contribution is -2.00. The van der Waals surface area contributed by atoms with Gasteiger partial charge in [0.25, 0.3) is 0 Å². The van der Waals surface area contributed by atoms with Crippen LogP contribution in [0.2, 0.25) is 5.02 Å². The third-order valence-corrected chi connectivity index (χ3v) is 5.08. The Morgan fingerprint density at radius 1 is 0.885 bits per heavy atom. The molecular weight excluding hydrogens is 364 g/mol. The Morgan fingerprint density at radius 3 is 2.46 bits per heavy atom. The van der Waals surface area contributed by atoms with E-state index in [0.717, 1.165) is 28.0 Å². The highest BCUT2D eigenvalue weighted by Gasteiger charge is 2.16. The molecule has 0 bridgehead atoms. The van der Waals surface area contributed by atoms with E-state index in [-0.39, 0.29) is 0 Å². The van der Waals surface area contributed by atoms with Crippen molar-refractivity contribution in [3.63, 3.8) is 0 Å². The molecule has 0 aliphatic rings. The molecule has 128 valence electrons. The molecule has 0 atom stereocenters. The van der Waals surface area contributed by atoms with Gasteiger partial charge in [0.05, 0.1) is 5.69 Å². The average molecular weight is 379 g/mol. The summed E-state index contributed by atoms with van der Waals surface area (Å²) in [5.41, 5.74) is 3.13. The van der Waals surface area contributed by atoms with Gasteiger partial charge in [-0.05, 0) is 35.9 Å². The molecule has 6 heteroatoms. The van der Waals surface area contributed by atoms with E-state index in [1.54, 1.807) is 24.2 Å². The molecule has 4 rings (SSSR count). The van der Waals surface area contributed by atoms with Gasteiger partial charge in [0.15, 0.2) is 11.0 Å². The standard InChI is InChI=1S/C20H15ClN4S/c21-17-7-4-8-18(13-17)25-19(16-9-11-22-12-10-16)23-24-20(25)26-14-15-5-2-1-3-6-15/h1-13H,14H2. The van der Waals surface area contributed by atoms with Crippen molar-refractivity contribution in [2.75, 3.05) is 0 Å². The molecule has 0 fully saturated rings. The van der Waals surface area contributed by atoms with Crippen molar-refractivity contribution < 1.29 is 0 Å². The lowest BCUT2D eigenvalue weighted by Gasteiger charge is -2.10. The molecule has 0 aliphatic heterocycles. The summed E-state index contributed by atoms with van der Waals surface area (Å²) in [4.78, 5) is 4.09. The summed E-state index contributed by atoms with van der Waals surface area (Å²) in [6.45, 7) is 0. The molecule has 0 N–H and O–H groups in total. The highest BCUT2D eigenvalue weighted by Crippen LogP contribution is 2.30. The molecule has 0 saturated heterocycles. The number of halogens is 1. The molecule has 2 heterocycles. The second-order valence-corrected chi connectivity index (χ2v) is 7.01. The van der Waals surface area contributed by atoms with Crippen molar-refractivity contribution in [2.24, 2.45) is 0 Å². The minimum Gasteiger partial charge on any atom is -0.270 e. The summed E-state index contributed by atoms with van der Waals surface area (Å²) >= 11 is 7.86. The molecule has 4 aromatic rings. The van der Waals surface area contributed by atoms with Crippen LogP contribution in [0.4, 0.5) is 0 Å². The molecule has 0 amide bonds. The predicted molar refractivity (Wildman–Crippen MR) is 106 cm³/mol. The van der Waals surface area contributed by atoms with Gasteiger partial charge in [-0.1, -0.05) is 59.8 Å². The Labute approximate surface area is 160 Å². The summed E-state index contributed by atoms with van der Waals surface area (Å²) in [6, 6.07) is 21.9. The number of nitrogens with zero attached hydrogens (tertiary/aromatic N) is 4. The van der Waals surface area contributed by atoms with Crippen LogP contribution >= 0.6 is 23.4 Å². The van der Waals surface area contributed by atoms with Gasteiger partial charge in [0.1, 0.15) is 0 Å². The fourth-order valence-electron chi connectivity index (χ4n) is 2.62. The Bertz CT molecular complexity index is 1000. The zero-order valence-electron chi connectivity index (χ0n) is 13.8. The van der Waals surface area contributed by atoms with Crippen molar-refractivity contribution in [3.8, 4) is 17.1 Å². The van der Waals surface area contributed by atoms with Gasteiger partial charge < -0.3 is 0 Å². The Hall–Kier alpha value is -2.63. The first kappa shape index (κ1) is 16.8. The van der Waals surface area contributed by atoms with Crippen LogP contribution in [0.5, 0.6) is 0 Å². The highest BCUT2D eigenvalue weighted by atomic mass is 35.5. The van der Waals surface area contributed by atoms with Crippen LogP contribution in [0.15, 0.2) is 84.3 Å². The largest absolute Gasteiger partial charge is 0.270 e. The van der Waals surface area contributed by atoms with E-state index in [1.807, 2.05) is 59.2 Å². The SMILES string of the molecule is Clc1cccc(-n2c(SCc3ccccc3)nnc2-c2ccncc2)c1. The summed E-state index contributed by atoms with van der Waals surface area (Å²) in [7, 11) is 0. The molecule has 0 radical (unpaired) electrons. The molecule has 26 heavy (non-hydrogen) atoms. The number of aromatic nitrogens is 4. The minimum absolute atomic E-state index is 0.677. The van der Waals surface area contributed by atoms with Crippen LogP contribution in [-0.2, 0) is 5.75 Å². The summed E-state index contributed by atoms with van der Waals surface area (Å²) in [5.74, 6) is 1.58. The lowest BCUT2D eigenvalue weighted by molar-refractivity contribution is 0.886. The maximum absolute atomic E-state index is 6.21. The van der Waals surface area contributed by atoms with E-state index in [2.05, 4.69) is 27.3 Å². The topological polar surface area (TPSA) is 43.6 Å². The maximum atomic E-state index is 6.21. The van der Waals surface area contributed by atoms with Crippen LogP contribution in [-0.4, -0.2) is 19.7 Å². The van der Waals surface area contributed by atoms with Crippen molar-refractivity contribution in [1.82, 2.24) is 19.7 Å². The van der Waals surface area contributed by atoms with Crippen LogP contribution in [0.25, 0.3) is 17.1 Å². The van der Waals surface area contributed by atoms with E-state index in [9.17, 15) is 0 Å². The van der Waals surface area contributed by atoms with Crippen LogP contribution in [0, 0.1) is 0 Å². The van der Waals surface area contributed by atoms with Gasteiger partial charge in [0, 0.05) is 28.7 Å². The van der Waals surface area contributed by atoms with E-state index in [0.29, 0.717) is 5.02 Å². The molecule has 2 aromatic heterocycles. The van der Waals surface area contributed by atoms with Gasteiger partial charge >= 0.3 is 0 Å². The normalized spacial score (nSPS) is 10.8. The number of benzene rings is 2. The quantitative estimate of drug-likeness (QED) is 0.443. The first-order valence-electron chi connectivity index (χ1n) is 8.10. The second kappa shape index (κ2) is 7.72. The third-order valence-electron chi connectivity index (χ3n) is 3.85. The second-order valence-electron chi connectivity index (χ2n) is 5.63. The fraction of sp³-hybridized carbons (Fsp3) is 0.0500. The average Bonchev–Trinajstić information content (AvgIpc) is 3.12. The number of pyridine rings is 1. The fourth-order valence-corrected chi connectivity index (χ4v) is 3.71. The van der Waals surface area contributed by atoms with Gasteiger partial charge in [-0.25, -0.2) is 0 Å². The minimum atomic E-state index is 0.677. The van der Waals surface area contributed by atoms with Crippen molar-refractivity contribution in [1.29, 1.82) is 0 Å². The molecule has 0 saturated carbocycles. The number of hydrogen-bond donors (Lipinski definition) is 0. The zero-order valence-corrected chi connectivity index (χ0v) is 15.4. The Morgan fingerprint density at radius 2 is 1.69 bits per heavy atom. The van der Waals surface area contributed by atoms with E-state index >= 15 is 0 Å². The Balaban J connectivity index is 1.75. The Kier molecular flexibility index (Phi) is 5.00. The summed E-state index contributed by atoms with van der Waals surface area (Å²) < 4.78 is 2.04. The molecule has 2 aromatic carbocycles.